The van der Waals surface area contributed by atoms with Crippen molar-refractivity contribution < 1.29 is 14.3 Å². The van der Waals surface area contributed by atoms with Crippen LogP contribution in [0.4, 0.5) is 0 Å². The molecule has 0 bridgehead atoms. The van der Waals surface area contributed by atoms with Crippen LogP contribution in [-0.2, 0) is 17.6 Å². The molecule has 0 aliphatic heterocycles. The Bertz CT molecular complexity index is 876. The standard InChI is InChI=1S/C23H30N4O3/c1-24-23(25-14-12-17-8-10-19(11-9-17)22(29)30-4)26-15-13-18-6-5-7-20(16-18)21(28)27(2)3/h5-11,16H,12-15H2,1-4H3,(H2,24,25,26). The summed E-state index contributed by atoms with van der Waals surface area (Å²) >= 11 is 0. The van der Waals surface area contributed by atoms with Crippen LogP contribution in [0.1, 0.15) is 31.8 Å². The molecule has 0 saturated carbocycles. The molecule has 160 valence electrons. The van der Waals surface area contributed by atoms with Gasteiger partial charge in [-0.1, -0.05) is 24.3 Å². The second-order valence-electron chi connectivity index (χ2n) is 7.01. The van der Waals surface area contributed by atoms with Crippen LogP contribution in [0, 0.1) is 0 Å². The van der Waals surface area contributed by atoms with Crippen LogP contribution in [0.3, 0.4) is 0 Å². The van der Waals surface area contributed by atoms with Gasteiger partial charge in [-0.25, -0.2) is 4.79 Å². The first-order chi connectivity index (χ1) is 14.4. The summed E-state index contributed by atoms with van der Waals surface area (Å²) in [6.07, 6.45) is 1.58. The summed E-state index contributed by atoms with van der Waals surface area (Å²) in [5.74, 6) is 0.393. The van der Waals surface area contributed by atoms with Crippen LogP contribution in [0.25, 0.3) is 0 Å². The van der Waals surface area contributed by atoms with Crippen molar-refractivity contribution >= 4 is 17.8 Å². The number of nitrogens with zero attached hydrogens (tertiary/aromatic N) is 2. The molecule has 7 heteroatoms. The molecule has 30 heavy (non-hydrogen) atoms. The van der Waals surface area contributed by atoms with Crippen molar-refractivity contribution in [1.29, 1.82) is 0 Å². The molecule has 1 amide bonds. The van der Waals surface area contributed by atoms with Gasteiger partial charge in [-0.3, -0.25) is 9.79 Å². The topological polar surface area (TPSA) is 83.0 Å². The van der Waals surface area contributed by atoms with Crippen molar-refractivity contribution in [1.82, 2.24) is 15.5 Å². The van der Waals surface area contributed by atoms with E-state index in [4.69, 9.17) is 4.74 Å². The molecule has 0 aliphatic rings. The smallest absolute Gasteiger partial charge is 0.337 e. The third-order valence-electron chi connectivity index (χ3n) is 4.59. The summed E-state index contributed by atoms with van der Waals surface area (Å²) in [5, 5.41) is 6.57. The SMILES string of the molecule is CN=C(NCCc1ccc(C(=O)OC)cc1)NCCc1cccc(C(=O)N(C)C)c1. The predicted molar refractivity (Wildman–Crippen MR) is 119 cm³/mol. The van der Waals surface area contributed by atoms with E-state index in [9.17, 15) is 9.59 Å². The summed E-state index contributed by atoms with van der Waals surface area (Å²) in [5.41, 5.74) is 3.45. The Hall–Kier alpha value is -3.35. The molecule has 0 saturated heterocycles. The van der Waals surface area contributed by atoms with Crippen molar-refractivity contribution in [3.8, 4) is 0 Å². The van der Waals surface area contributed by atoms with Gasteiger partial charge in [0, 0.05) is 39.8 Å². The molecule has 0 unspecified atom stereocenters. The van der Waals surface area contributed by atoms with Crippen LogP contribution in [0.2, 0.25) is 0 Å². The van der Waals surface area contributed by atoms with E-state index in [-0.39, 0.29) is 11.9 Å². The number of guanidine groups is 1. The molecule has 2 N–H and O–H groups in total. The highest BCUT2D eigenvalue weighted by Crippen LogP contribution is 2.08. The summed E-state index contributed by atoms with van der Waals surface area (Å²) in [6, 6.07) is 15.1. The summed E-state index contributed by atoms with van der Waals surface area (Å²) in [7, 11) is 6.61. The number of aliphatic imine (C=N–C) groups is 1. The van der Waals surface area contributed by atoms with Gasteiger partial charge in [0.1, 0.15) is 0 Å². The highest BCUT2D eigenvalue weighted by atomic mass is 16.5. The molecule has 0 fully saturated rings. The maximum absolute atomic E-state index is 12.1. The number of carbonyl (C=O) groups is 2. The number of benzene rings is 2. The van der Waals surface area contributed by atoms with E-state index >= 15 is 0 Å². The molecule has 2 aromatic carbocycles. The number of ether oxygens (including phenoxy) is 1. The average molecular weight is 411 g/mol. The molecule has 7 nitrogen and oxygen atoms in total. The lowest BCUT2D eigenvalue weighted by molar-refractivity contribution is 0.0600. The van der Waals surface area contributed by atoms with E-state index < -0.39 is 0 Å². The van der Waals surface area contributed by atoms with Gasteiger partial charge in [0.05, 0.1) is 12.7 Å². The van der Waals surface area contributed by atoms with Gasteiger partial charge in [-0.15, -0.1) is 0 Å². The Morgan fingerprint density at radius 1 is 0.933 bits per heavy atom. The number of methoxy groups -OCH3 is 1. The fourth-order valence-corrected chi connectivity index (χ4v) is 2.91. The first-order valence-corrected chi connectivity index (χ1v) is 9.87. The number of nitrogens with one attached hydrogen (secondary N) is 2. The number of amides is 1. The summed E-state index contributed by atoms with van der Waals surface area (Å²) < 4.78 is 4.71. The van der Waals surface area contributed by atoms with Gasteiger partial charge in [0.25, 0.3) is 5.91 Å². The zero-order valence-electron chi connectivity index (χ0n) is 18.1. The fourth-order valence-electron chi connectivity index (χ4n) is 2.91. The molecular formula is C23H30N4O3. The minimum atomic E-state index is -0.333. The monoisotopic (exact) mass is 410 g/mol. The Balaban J connectivity index is 1.77. The largest absolute Gasteiger partial charge is 0.465 e. The highest BCUT2D eigenvalue weighted by molar-refractivity contribution is 5.94. The maximum atomic E-state index is 12.1. The maximum Gasteiger partial charge on any atom is 0.337 e. The van der Waals surface area contributed by atoms with Crippen molar-refractivity contribution in [3.05, 3.63) is 70.8 Å². The van der Waals surface area contributed by atoms with Crippen LogP contribution < -0.4 is 10.6 Å². The first kappa shape index (κ1) is 22.9. The lowest BCUT2D eigenvalue weighted by Crippen LogP contribution is -2.39. The number of hydrogen-bond donors (Lipinski definition) is 2. The Morgan fingerprint density at radius 2 is 1.57 bits per heavy atom. The molecule has 2 rings (SSSR count). The van der Waals surface area contributed by atoms with Crippen LogP contribution in [0.5, 0.6) is 0 Å². The zero-order valence-corrected chi connectivity index (χ0v) is 18.1. The van der Waals surface area contributed by atoms with Crippen LogP contribution in [-0.4, -0.2) is 64.1 Å². The Morgan fingerprint density at radius 3 is 2.13 bits per heavy atom. The van der Waals surface area contributed by atoms with Gasteiger partial charge in [0.15, 0.2) is 5.96 Å². The number of carbonyl (C=O) groups excluding carboxylic acids is 2. The van der Waals surface area contributed by atoms with E-state index in [1.807, 2.05) is 36.4 Å². The number of esters is 1. The molecule has 0 aliphatic carbocycles. The lowest BCUT2D eigenvalue weighted by Gasteiger charge is -2.13. The van der Waals surface area contributed by atoms with Gasteiger partial charge in [0.2, 0.25) is 0 Å². The molecular weight excluding hydrogens is 380 g/mol. The van der Waals surface area contributed by atoms with Gasteiger partial charge >= 0.3 is 5.97 Å². The Kier molecular flexibility index (Phi) is 8.87. The van der Waals surface area contributed by atoms with Crippen molar-refractivity contribution in [2.45, 2.75) is 12.8 Å². The molecule has 0 radical (unpaired) electrons. The number of rotatable bonds is 8. The quantitative estimate of drug-likeness (QED) is 0.396. The van der Waals surface area contributed by atoms with E-state index in [1.165, 1.54) is 7.11 Å². The lowest BCUT2D eigenvalue weighted by atomic mass is 10.1. The normalized spacial score (nSPS) is 11.0. The van der Waals surface area contributed by atoms with Crippen LogP contribution in [0.15, 0.2) is 53.5 Å². The highest BCUT2D eigenvalue weighted by Gasteiger charge is 2.08. The zero-order chi connectivity index (χ0) is 21.9. The molecule has 0 heterocycles. The molecule has 0 spiro atoms. The van der Waals surface area contributed by atoms with E-state index in [0.29, 0.717) is 24.2 Å². The third-order valence-corrected chi connectivity index (χ3v) is 4.59. The second-order valence-corrected chi connectivity index (χ2v) is 7.01. The first-order valence-electron chi connectivity index (χ1n) is 9.87. The molecule has 0 aromatic heterocycles. The van der Waals surface area contributed by atoms with Crippen LogP contribution >= 0.6 is 0 Å². The Labute approximate surface area is 178 Å². The van der Waals surface area contributed by atoms with Gasteiger partial charge in [-0.05, 0) is 48.2 Å². The second kappa shape index (κ2) is 11.6. The van der Waals surface area contributed by atoms with E-state index in [1.54, 1.807) is 38.2 Å². The molecule has 0 atom stereocenters. The van der Waals surface area contributed by atoms with Gasteiger partial charge in [-0.2, -0.15) is 0 Å². The van der Waals surface area contributed by atoms with E-state index in [0.717, 1.165) is 29.9 Å². The average Bonchev–Trinajstić information content (AvgIpc) is 2.77. The van der Waals surface area contributed by atoms with Crippen molar-refractivity contribution in [3.63, 3.8) is 0 Å². The van der Waals surface area contributed by atoms with Crippen molar-refractivity contribution in [2.75, 3.05) is 41.3 Å². The minimum Gasteiger partial charge on any atom is -0.465 e. The minimum absolute atomic E-state index is 0.00176. The van der Waals surface area contributed by atoms with Crippen molar-refractivity contribution in [2.24, 2.45) is 4.99 Å². The predicted octanol–water partition coefficient (Wildman–Crippen LogP) is 2.13. The van der Waals surface area contributed by atoms with E-state index in [2.05, 4.69) is 15.6 Å². The summed E-state index contributed by atoms with van der Waals surface area (Å²) in [4.78, 5) is 29.4. The van der Waals surface area contributed by atoms with Gasteiger partial charge < -0.3 is 20.3 Å². The third kappa shape index (κ3) is 6.92. The fraction of sp³-hybridized carbons (Fsp3) is 0.348. The summed E-state index contributed by atoms with van der Waals surface area (Å²) in [6.45, 7) is 1.41. The molecule has 2 aromatic rings. The number of hydrogen-bond acceptors (Lipinski definition) is 4.